The number of ether oxygens (including phenoxy) is 1. The molecular weight excluding hydrogens is 298 g/mol. The van der Waals surface area contributed by atoms with Crippen LogP contribution in [0.15, 0.2) is 48.5 Å². The highest BCUT2D eigenvalue weighted by Gasteiger charge is 2.24. The molecular formula is C21H23NO2. The molecule has 3 rings (SSSR count). The molecule has 2 aromatic carbocycles. The van der Waals surface area contributed by atoms with Gasteiger partial charge in [-0.25, -0.2) is 4.79 Å². The molecule has 0 aliphatic heterocycles. The number of carbonyl (C=O) groups excluding carboxylic acids is 1. The predicted octanol–water partition coefficient (Wildman–Crippen LogP) is 5.16. The van der Waals surface area contributed by atoms with Gasteiger partial charge in [-0.05, 0) is 51.5 Å². The van der Waals surface area contributed by atoms with Crippen molar-refractivity contribution < 1.29 is 9.53 Å². The standard InChI is InChI=1S/C21H23NO2/c1-14-9-8-12-18-17(14)13-19(22(18)21(2,3)4)15-10-6-7-11-16(15)20(23)24-5/h6-13H,1-5H3. The van der Waals surface area contributed by atoms with E-state index in [4.69, 9.17) is 4.74 Å². The number of hydrogen-bond acceptors (Lipinski definition) is 2. The van der Waals surface area contributed by atoms with Crippen molar-refractivity contribution in [3.8, 4) is 11.3 Å². The number of aromatic nitrogens is 1. The van der Waals surface area contributed by atoms with E-state index in [0.717, 1.165) is 11.3 Å². The molecule has 0 bridgehead atoms. The van der Waals surface area contributed by atoms with Crippen molar-refractivity contribution in [1.82, 2.24) is 4.57 Å². The smallest absolute Gasteiger partial charge is 0.338 e. The zero-order valence-corrected chi connectivity index (χ0v) is 14.9. The number of rotatable bonds is 2. The predicted molar refractivity (Wildman–Crippen MR) is 98.4 cm³/mol. The number of aryl methyl sites for hydroxylation is 1. The van der Waals surface area contributed by atoms with E-state index >= 15 is 0 Å². The maximum atomic E-state index is 12.2. The van der Waals surface area contributed by atoms with E-state index < -0.39 is 0 Å². The van der Waals surface area contributed by atoms with Crippen molar-refractivity contribution >= 4 is 16.9 Å². The molecule has 3 nitrogen and oxygen atoms in total. The summed E-state index contributed by atoms with van der Waals surface area (Å²) in [5, 5.41) is 1.21. The van der Waals surface area contributed by atoms with Crippen LogP contribution in [-0.4, -0.2) is 17.6 Å². The molecule has 0 fully saturated rings. The maximum Gasteiger partial charge on any atom is 0.338 e. The first-order chi connectivity index (χ1) is 11.3. The first-order valence-electron chi connectivity index (χ1n) is 8.14. The van der Waals surface area contributed by atoms with Crippen LogP contribution in [0.25, 0.3) is 22.2 Å². The van der Waals surface area contributed by atoms with Crippen LogP contribution < -0.4 is 0 Å². The van der Waals surface area contributed by atoms with Crippen LogP contribution in [0.4, 0.5) is 0 Å². The second-order valence-electron chi connectivity index (χ2n) is 7.08. The van der Waals surface area contributed by atoms with Gasteiger partial charge < -0.3 is 9.30 Å². The van der Waals surface area contributed by atoms with Gasteiger partial charge >= 0.3 is 5.97 Å². The minimum Gasteiger partial charge on any atom is -0.465 e. The average molecular weight is 321 g/mol. The molecule has 1 aromatic heterocycles. The Kier molecular flexibility index (Phi) is 3.96. The summed E-state index contributed by atoms with van der Waals surface area (Å²) in [6, 6.07) is 16.1. The second-order valence-corrected chi connectivity index (χ2v) is 7.08. The summed E-state index contributed by atoms with van der Waals surface area (Å²) in [5.74, 6) is -0.312. The third kappa shape index (κ3) is 2.60. The average Bonchev–Trinajstić information content (AvgIpc) is 2.95. The van der Waals surface area contributed by atoms with Gasteiger partial charge in [0.1, 0.15) is 0 Å². The molecule has 124 valence electrons. The summed E-state index contributed by atoms with van der Waals surface area (Å²) < 4.78 is 7.28. The topological polar surface area (TPSA) is 31.2 Å². The van der Waals surface area contributed by atoms with Gasteiger partial charge in [0.15, 0.2) is 0 Å². The van der Waals surface area contributed by atoms with Crippen molar-refractivity contribution in [2.75, 3.05) is 7.11 Å². The van der Waals surface area contributed by atoms with Crippen LogP contribution in [0.3, 0.4) is 0 Å². The van der Waals surface area contributed by atoms with E-state index in [1.165, 1.54) is 23.6 Å². The van der Waals surface area contributed by atoms with E-state index in [-0.39, 0.29) is 11.5 Å². The number of nitrogens with zero attached hydrogens (tertiary/aromatic N) is 1. The molecule has 0 saturated carbocycles. The quantitative estimate of drug-likeness (QED) is 0.611. The van der Waals surface area contributed by atoms with Gasteiger partial charge in [0.25, 0.3) is 0 Å². The largest absolute Gasteiger partial charge is 0.465 e. The van der Waals surface area contributed by atoms with E-state index in [1.54, 1.807) is 0 Å². The van der Waals surface area contributed by atoms with Crippen molar-refractivity contribution in [2.24, 2.45) is 0 Å². The Morgan fingerprint density at radius 3 is 2.42 bits per heavy atom. The number of benzene rings is 2. The molecule has 0 amide bonds. The molecule has 0 radical (unpaired) electrons. The molecule has 0 atom stereocenters. The first-order valence-corrected chi connectivity index (χ1v) is 8.14. The van der Waals surface area contributed by atoms with Crippen molar-refractivity contribution in [2.45, 2.75) is 33.2 Å². The van der Waals surface area contributed by atoms with Gasteiger partial charge in [-0.3, -0.25) is 0 Å². The minimum atomic E-state index is -0.312. The van der Waals surface area contributed by atoms with E-state index in [2.05, 4.69) is 56.5 Å². The van der Waals surface area contributed by atoms with Crippen LogP contribution in [0, 0.1) is 6.92 Å². The van der Waals surface area contributed by atoms with Crippen molar-refractivity contribution in [1.29, 1.82) is 0 Å². The lowest BCUT2D eigenvalue weighted by molar-refractivity contribution is 0.0601. The van der Waals surface area contributed by atoms with Crippen LogP contribution >= 0.6 is 0 Å². The molecule has 0 aliphatic rings. The van der Waals surface area contributed by atoms with Crippen LogP contribution in [0.1, 0.15) is 36.7 Å². The Bertz CT molecular complexity index is 913. The Labute approximate surface area is 142 Å². The van der Waals surface area contributed by atoms with Crippen LogP contribution in [0.2, 0.25) is 0 Å². The SMILES string of the molecule is COC(=O)c1ccccc1-c1cc2c(C)cccc2n1C(C)(C)C. The Morgan fingerprint density at radius 1 is 1.04 bits per heavy atom. The van der Waals surface area contributed by atoms with Crippen LogP contribution in [-0.2, 0) is 10.3 Å². The third-order valence-electron chi connectivity index (χ3n) is 4.34. The van der Waals surface area contributed by atoms with Crippen molar-refractivity contribution in [3.63, 3.8) is 0 Å². The minimum absolute atomic E-state index is 0.117. The third-order valence-corrected chi connectivity index (χ3v) is 4.34. The molecule has 3 aromatic rings. The Balaban J connectivity index is 2.40. The summed E-state index contributed by atoms with van der Waals surface area (Å²) in [4.78, 5) is 12.2. The summed E-state index contributed by atoms with van der Waals surface area (Å²) >= 11 is 0. The van der Waals surface area contributed by atoms with Crippen LogP contribution in [0.5, 0.6) is 0 Å². The lowest BCUT2D eigenvalue weighted by atomic mass is 10.0. The monoisotopic (exact) mass is 321 g/mol. The van der Waals surface area contributed by atoms with Gasteiger partial charge in [-0.1, -0.05) is 30.3 Å². The number of fused-ring (bicyclic) bond motifs is 1. The van der Waals surface area contributed by atoms with Gasteiger partial charge in [-0.2, -0.15) is 0 Å². The Morgan fingerprint density at radius 2 is 1.75 bits per heavy atom. The number of hydrogen-bond donors (Lipinski definition) is 0. The molecule has 0 spiro atoms. The summed E-state index contributed by atoms with van der Waals surface area (Å²) in [5.41, 5.74) is 4.81. The van der Waals surface area contributed by atoms with Gasteiger partial charge in [0, 0.05) is 22.0 Å². The van der Waals surface area contributed by atoms with Gasteiger partial charge in [0.2, 0.25) is 0 Å². The van der Waals surface area contributed by atoms with Gasteiger partial charge in [0.05, 0.1) is 18.4 Å². The van der Waals surface area contributed by atoms with Gasteiger partial charge in [-0.15, -0.1) is 0 Å². The molecule has 1 heterocycles. The molecule has 3 heteroatoms. The highest BCUT2D eigenvalue weighted by atomic mass is 16.5. The summed E-state index contributed by atoms with van der Waals surface area (Å²) in [6.45, 7) is 8.66. The lowest BCUT2D eigenvalue weighted by Gasteiger charge is -2.26. The zero-order valence-electron chi connectivity index (χ0n) is 14.9. The van der Waals surface area contributed by atoms with E-state index in [0.29, 0.717) is 5.56 Å². The maximum absolute atomic E-state index is 12.2. The Hall–Kier alpha value is -2.55. The fraction of sp³-hybridized carbons (Fsp3) is 0.286. The molecule has 0 N–H and O–H groups in total. The fourth-order valence-electron chi connectivity index (χ4n) is 3.29. The molecule has 0 aliphatic carbocycles. The number of esters is 1. The lowest BCUT2D eigenvalue weighted by Crippen LogP contribution is -2.22. The number of methoxy groups -OCH3 is 1. The zero-order chi connectivity index (χ0) is 17.5. The summed E-state index contributed by atoms with van der Waals surface area (Å²) in [7, 11) is 1.42. The van der Waals surface area contributed by atoms with E-state index in [1.807, 2.05) is 24.3 Å². The fourth-order valence-corrected chi connectivity index (χ4v) is 3.29. The highest BCUT2D eigenvalue weighted by Crippen LogP contribution is 2.36. The van der Waals surface area contributed by atoms with E-state index in [9.17, 15) is 4.79 Å². The molecule has 24 heavy (non-hydrogen) atoms. The number of carbonyl (C=O) groups is 1. The molecule has 0 saturated heterocycles. The highest BCUT2D eigenvalue weighted by molar-refractivity contribution is 5.99. The van der Waals surface area contributed by atoms with Crippen molar-refractivity contribution in [3.05, 3.63) is 59.7 Å². The summed E-state index contributed by atoms with van der Waals surface area (Å²) in [6.07, 6.45) is 0. The first kappa shape index (κ1) is 16.3. The molecule has 0 unspecified atom stereocenters. The second kappa shape index (κ2) is 5.82. The normalized spacial score (nSPS) is 11.7.